The summed E-state index contributed by atoms with van der Waals surface area (Å²) in [6.45, 7) is 0.241. The lowest BCUT2D eigenvalue weighted by atomic mass is 10.4. The van der Waals surface area contributed by atoms with Crippen molar-refractivity contribution in [3.8, 4) is 0 Å². The SMILES string of the molecule is O=C(C=Cc1ccc(Cl)s1)NCc1nn[nH]n1. The minimum Gasteiger partial charge on any atom is -0.345 e. The van der Waals surface area contributed by atoms with E-state index in [1.54, 1.807) is 12.1 Å². The number of carbonyl (C=O) groups is 1. The second kappa shape index (κ2) is 5.55. The molecule has 0 fully saturated rings. The number of tetrazole rings is 1. The average molecular weight is 270 g/mol. The molecule has 0 spiro atoms. The number of H-pyrrole nitrogens is 1. The molecule has 0 aliphatic rings. The highest BCUT2D eigenvalue weighted by molar-refractivity contribution is 7.17. The number of thiophene rings is 1. The molecule has 0 aromatic carbocycles. The molecule has 1 amide bonds. The Kier molecular flexibility index (Phi) is 3.84. The molecule has 0 saturated heterocycles. The number of nitrogens with one attached hydrogen (secondary N) is 2. The second-order valence-electron chi connectivity index (χ2n) is 3.02. The first kappa shape index (κ1) is 11.7. The van der Waals surface area contributed by atoms with Crippen LogP contribution in [-0.2, 0) is 11.3 Å². The molecule has 8 heteroatoms. The Morgan fingerprint density at radius 2 is 2.47 bits per heavy atom. The number of rotatable bonds is 4. The smallest absolute Gasteiger partial charge is 0.244 e. The Bertz CT molecular complexity index is 521. The van der Waals surface area contributed by atoms with Gasteiger partial charge >= 0.3 is 0 Å². The summed E-state index contributed by atoms with van der Waals surface area (Å²) in [5, 5.41) is 15.7. The van der Waals surface area contributed by atoms with E-state index in [0.717, 1.165) is 4.88 Å². The van der Waals surface area contributed by atoms with Crippen LogP contribution < -0.4 is 5.32 Å². The standard InChI is InChI=1S/C9H8ClN5OS/c10-7-3-1-6(17-7)2-4-9(16)11-5-8-12-14-15-13-8/h1-4H,5H2,(H,11,16)(H,12,13,14,15). The maximum absolute atomic E-state index is 11.4. The van der Waals surface area contributed by atoms with Crippen LogP contribution in [0.15, 0.2) is 18.2 Å². The topological polar surface area (TPSA) is 83.6 Å². The Morgan fingerprint density at radius 1 is 1.59 bits per heavy atom. The van der Waals surface area contributed by atoms with Gasteiger partial charge in [-0.1, -0.05) is 16.8 Å². The van der Waals surface area contributed by atoms with Crippen molar-refractivity contribution in [3.63, 3.8) is 0 Å². The number of nitrogens with zero attached hydrogens (tertiary/aromatic N) is 3. The summed E-state index contributed by atoms with van der Waals surface area (Å²) in [4.78, 5) is 12.3. The lowest BCUT2D eigenvalue weighted by Gasteiger charge is -1.95. The Morgan fingerprint density at radius 3 is 3.12 bits per heavy atom. The third-order valence-electron chi connectivity index (χ3n) is 1.80. The van der Waals surface area contributed by atoms with Crippen molar-refractivity contribution in [2.24, 2.45) is 0 Å². The number of aromatic amines is 1. The highest BCUT2D eigenvalue weighted by Gasteiger charge is 2.00. The Labute approximate surface area is 106 Å². The molecular weight excluding hydrogens is 262 g/mol. The Balaban J connectivity index is 1.83. The number of amides is 1. The van der Waals surface area contributed by atoms with Crippen molar-refractivity contribution in [3.05, 3.63) is 33.2 Å². The van der Waals surface area contributed by atoms with Crippen molar-refractivity contribution in [1.82, 2.24) is 25.9 Å². The quantitative estimate of drug-likeness (QED) is 0.818. The molecule has 2 N–H and O–H groups in total. The molecule has 0 radical (unpaired) electrons. The predicted molar refractivity (Wildman–Crippen MR) is 64.4 cm³/mol. The predicted octanol–water partition coefficient (Wildman–Crippen LogP) is 1.24. The van der Waals surface area contributed by atoms with Gasteiger partial charge in [0, 0.05) is 11.0 Å². The van der Waals surface area contributed by atoms with E-state index in [4.69, 9.17) is 11.6 Å². The zero-order valence-corrected chi connectivity index (χ0v) is 10.1. The van der Waals surface area contributed by atoms with Gasteiger partial charge < -0.3 is 5.32 Å². The molecule has 2 aromatic heterocycles. The van der Waals surface area contributed by atoms with Gasteiger partial charge in [-0.2, -0.15) is 5.21 Å². The van der Waals surface area contributed by atoms with E-state index in [1.807, 2.05) is 6.07 Å². The molecule has 0 atom stereocenters. The van der Waals surface area contributed by atoms with Gasteiger partial charge in [-0.3, -0.25) is 4.79 Å². The van der Waals surface area contributed by atoms with E-state index in [1.165, 1.54) is 17.4 Å². The van der Waals surface area contributed by atoms with Gasteiger partial charge in [-0.25, -0.2) is 0 Å². The van der Waals surface area contributed by atoms with Crippen LogP contribution >= 0.6 is 22.9 Å². The molecule has 2 heterocycles. The first-order valence-electron chi connectivity index (χ1n) is 4.67. The van der Waals surface area contributed by atoms with E-state index in [2.05, 4.69) is 25.9 Å². The van der Waals surface area contributed by atoms with Gasteiger partial charge in [-0.15, -0.1) is 21.5 Å². The maximum atomic E-state index is 11.4. The molecule has 17 heavy (non-hydrogen) atoms. The molecule has 0 aliphatic heterocycles. The van der Waals surface area contributed by atoms with Crippen LogP contribution in [0.25, 0.3) is 6.08 Å². The molecule has 6 nitrogen and oxygen atoms in total. The van der Waals surface area contributed by atoms with Gasteiger partial charge in [0.1, 0.15) is 0 Å². The monoisotopic (exact) mass is 269 g/mol. The summed E-state index contributed by atoms with van der Waals surface area (Å²) >= 11 is 7.17. The minimum atomic E-state index is -0.223. The summed E-state index contributed by atoms with van der Waals surface area (Å²) < 4.78 is 0.692. The first-order valence-corrected chi connectivity index (χ1v) is 5.87. The van der Waals surface area contributed by atoms with E-state index in [0.29, 0.717) is 10.2 Å². The van der Waals surface area contributed by atoms with Crippen molar-refractivity contribution in [2.75, 3.05) is 0 Å². The van der Waals surface area contributed by atoms with Gasteiger partial charge in [0.15, 0.2) is 5.82 Å². The zero-order chi connectivity index (χ0) is 12.1. The molecule has 0 aliphatic carbocycles. The summed E-state index contributed by atoms with van der Waals surface area (Å²) in [6, 6.07) is 3.62. The van der Waals surface area contributed by atoms with Crippen LogP contribution in [0.2, 0.25) is 4.34 Å². The highest BCUT2D eigenvalue weighted by Crippen LogP contribution is 2.22. The van der Waals surface area contributed by atoms with Crippen LogP contribution in [0.4, 0.5) is 0 Å². The van der Waals surface area contributed by atoms with Crippen molar-refractivity contribution < 1.29 is 4.79 Å². The average Bonchev–Trinajstić information content (AvgIpc) is 2.95. The van der Waals surface area contributed by atoms with Gasteiger partial charge in [-0.05, 0) is 18.2 Å². The third kappa shape index (κ3) is 3.65. The van der Waals surface area contributed by atoms with Gasteiger partial charge in [0.25, 0.3) is 0 Å². The number of aromatic nitrogens is 4. The molecule has 0 bridgehead atoms. The maximum Gasteiger partial charge on any atom is 0.244 e. The minimum absolute atomic E-state index is 0.223. The number of hydrogen-bond acceptors (Lipinski definition) is 5. The molecular formula is C9H8ClN5OS. The van der Waals surface area contributed by atoms with E-state index >= 15 is 0 Å². The molecule has 0 unspecified atom stereocenters. The lowest BCUT2D eigenvalue weighted by molar-refractivity contribution is -0.116. The summed E-state index contributed by atoms with van der Waals surface area (Å²) in [6.07, 6.45) is 3.13. The largest absolute Gasteiger partial charge is 0.345 e. The fourth-order valence-corrected chi connectivity index (χ4v) is 2.02. The second-order valence-corrected chi connectivity index (χ2v) is 4.77. The van der Waals surface area contributed by atoms with Gasteiger partial charge in [0.05, 0.1) is 10.9 Å². The number of carbonyl (C=O) groups excluding carboxylic acids is 1. The third-order valence-corrected chi connectivity index (χ3v) is 3.00. The summed E-state index contributed by atoms with van der Waals surface area (Å²) in [5.74, 6) is 0.213. The van der Waals surface area contributed by atoms with Crippen molar-refractivity contribution in [2.45, 2.75) is 6.54 Å². The normalized spacial score (nSPS) is 10.9. The molecule has 0 saturated carbocycles. The highest BCUT2D eigenvalue weighted by atomic mass is 35.5. The van der Waals surface area contributed by atoms with Crippen LogP contribution in [-0.4, -0.2) is 26.5 Å². The number of halogens is 1. The van der Waals surface area contributed by atoms with Crippen molar-refractivity contribution >= 4 is 34.9 Å². The molecule has 2 rings (SSSR count). The van der Waals surface area contributed by atoms with E-state index in [-0.39, 0.29) is 12.5 Å². The molecule has 2 aromatic rings. The van der Waals surface area contributed by atoms with E-state index in [9.17, 15) is 4.79 Å². The van der Waals surface area contributed by atoms with Crippen LogP contribution in [0.5, 0.6) is 0 Å². The Hall–Kier alpha value is -1.73. The summed E-state index contributed by atoms with van der Waals surface area (Å²) in [5.41, 5.74) is 0. The fraction of sp³-hybridized carbons (Fsp3) is 0.111. The van der Waals surface area contributed by atoms with Crippen LogP contribution in [0.3, 0.4) is 0 Å². The summed E-state index contributed by atoms with van der Waals surface area (Å²) in [7, 11) is 0. The van der Waals surface area contributed by atoms with Crippen molar-refractivity contribution in [1.29, 1.82) is 0 Å². The number of hydrogen-bond donors (Lipinski definition) is 2. The van der Waals surface area contributed by atoms with Crippen LogP contribution in [0.1, 0.15) is 10.7 Å². The van der Waals surface area contributed by atoms with Crippen LogP contribution in [0, 0.1) is 0 Å². The lowest BCUT2D eigenvalue weighted by Crippen LogP contribution is -2.20. The fourth-order valence-electron chi connectivity index (χ4n) is 1.06. The zero-order valence-electron chi connectivity index (χ0n) is 8.55. The molecule has 88 valence electrons. The van der Waals surface area contributed by atoms with E-state index < -0.39 is 0 Å². The van der Waals surface area contributed by atoms with Gasteiger partial charge in [0.2, 0.25) is 5.91 Å². The first-order chi connectivity index (χ1) is 8.24.